The summed E-state index contributed by atoms with van der Waals surface area (Å²) in [5.74, 6) is 0.0282. The topological polar surface area (TPSA) is 36.3 Å². The van der Waals surface area contributed by atoms with Crippen molar-refractivity contribution in [1.29, 1.82) is 0 Å². The van der Waals surface area contributed by atoms with Gasteiger partial charge in [0.15, 0.2) is 0 Å². The van der Waals surface area contributed by atoms with Gasteiger partial charge in [0.2, 0.25) is 0 Å². The van der Waals surface area contributed by atoms with Gasteiger partial charge in [-0.2, -0.15) is 0 Å². The number of aromatic nitrogens is 2. The maximum absolute atomic E-state index is 13.2. The van der Waals surface area contributed by atoms with Crippen LogP contribution in [0.1, 0.15) is 5.82 Å². The Morgan fingerprint density at radius 2 is 2.05 bits per heavy atom. The van der Waals surface area contributed by atoms with E-state index < -0.39 is 18.8 Å². The Bertz CT molecular complexity index is 587. The Morgan fingerprint density at radius 3 is 2.76 bits per heavy atom. The zero-order chi connectivity index (χ0) is 15.2. The van der Waals surface area contributed by atoms with Crippen molar-refractivity contribution in [3.63, 3.8) is 0 Å². The number of fused-ring (bicyclic) bond motifs is 1. The Labute approximate surface area is 120 Å². The third kappa shape index (κ3) is 4.18. The highest BCUT2D eigenvalue weighted by molar-refractivity contribution is 5.76. The van der Waals surface area contributed by atoms with Crippen molar-refractivity contribution >= 4 is 11.0 Å². The summed E-state index contributed by atoms with van der Waals surface area (Å²) in [5.41, 5.74) is 0.881. The summed E-state index contributed by atoms with van der Waals surface area (Å²) in [7, 11) is 1.57. The van der Waals surface area contributed by atoms with Crippen molar-refractivity contribution < 1.29 is 22.6 Å². The summed E-state index contributed by atoms with van der Waals surface area (Å²) in [4.78, 5) is 4.22. The molecule has 2 aromatic rings. The van der Waals surface area contributed by atoms with E-state index in [1.807, 2.05) is 0 Å². The molecule has 1 aromatic heterocycles. The number of halogens is 3. The first-order valence-corrected chi connectivity index (χ1v) is 6.61. The van der Waals surface area contributed by atoms with Gasteiger partial charge in [0.25, 0.3) is 6.43 Å². The van der Waals surface area contributed by atoms with Gasteiger partial charge in [0, 0.05) is 19.6 Å². The first-order chi connectivity index (χ1) is 10.1. The average molecular weight is 302 g/mol. The summed E-state index contributed by atoms with van der Waals surface area (Å²) in [6, 6.07) is 3.95. The summed E-state index contributed by atoms with van der Waals surface area (Å²) >= 11 is 0. The molecule has 0 aliphatic heterocycles. The van der Waals surface area contributed by atoms with Crippen LogP contribution < -0.4 is 0 Å². The molecule has 4 nitrogen and oxygen atoms in total. The molecule has 0 fully saturated rings. The first-order valence-electron chi connectivity index (χ1n) is 6.61. The largest absolute Gasteiger partial charge is 0.382 e. The second-order valence-corrected chi connectivity index (χ2v) is 4.52. The molecule has 0 saturated carbocycles. The molecule has 7 heteroatoms. The smallest absolute Gasteiger partial charge is 0.256 e. The van der Waals surface area contributed by atoms with Gasteiger partial charge in [0.1, 0.15) is 11.6 Å². The van der Waals surface area contributed by atoms with Gasteiger partial charge in [-0.25, -0.2) is 18.2 Å². The highest BCUT2D eigenvalue weighted by Gasteiger charge is 2.15. The van der Waals surface area contributed by atoms with E-state index in [-0.39, 0.29) is 0 Å². The molecule has 2 rings (SSSR count). The standard InChI is InChI=1S/C14H17F3N2O2/c1-20-6-7-21-5-4-14-18-11-8-10(15)2-3-12(11)19(14)9-13(16)17/h2-3,8,13H,4-7,9H2,1H3. The molecule has 0 aliphatic rings. The van der Waals surface area contributed by atoms with Crippen LogP contribution in [0.15, 0.2) is 18.2 Å². The summed E-state index contributed by atoms with van der Waals surface area (Å²) in [6.07, 6.45) is -2.12. The summed E-state index contributed by atoms with van der Waals surface area (Å²) < 4.78 is 50.2. The molecule has 0 spiro atoms. The van der Waals surface area contributed by atoms with Crippen LogP contribution in [0.3, 0.4) is 0 Å². The van der Waals surface area contributed by atoms with Gasteiger partial charge >= 0.3 is 0 Å². The lowest BCUT2D eigenvalue weighted by atomic mass is 10.3. The van der Waals surface area contributed by atoms with E-state index in [2.05, 4.69) is 4.98 Å². The lowest BCUT2D eigenvalue weighted by molar-refractivity contribution is 0.0708. The lowest BCUT2D eigenvalue weighted by Gasteiger charge is -2.09. The number of nitrogens with zero attached hydrogens (tertiary/aromatic N) is 2. The van der Waals surface area contributed by atoms with Crippen LogP contribution in [0, 0.1) is 5.82 Å². The molecule has 1 heterocycles. The molecule has 116 valence electrons. The number of hydrogen-bond donors (Lipinski definition) is 0. The van der Waals surface area contributed by atoms with Crippen molar-refractivity contribution in [2.24, 2.45) is 0 Å². The molecule has 0 aliphatic carbocycles. The van der Waals surface area contributed by atoms with Crippen LogP contribution in [-0.4, -0.2) is 42.9 Å². The second-order valence-electron chi connectivity index (χ2n) is 4.52. The van der Waals surface area contributed by atoms with E-state index in [0.29, 0.717) is 43.1 Å². The Hall–Kier alpha value is -1.60. The third-order valence-electron chi connectivity index (χ3n) is 3.01. The fourth-order valence-electron chi connectivity index (χ4n) is 2.09. The number of alkyl halides is 2. The fourth-order valence-corrected chi connectivity index (χ4v) is 2.09. The normalized spacial score (nSPS) is 11.7. The molecule has 0 N–H and O–H groups in total. The van der Waals surface area contributed by atoms with Crippen LogP contribution in [0.4, 0.5) is 13.2 Å². The van der Waals surface area contributed by atoms with Crippen molar-refractivity contribution in [2.75, 3.05) is 26.9 Å². The van der Waals surface area contributed by atoms with Crippen LogP contribution >= 0.6 is 0 Å². The Kier molecular flexibility index (Phi) is 5.58. The van der Waals surface area contributed by atoms with Gasteiger partial charge in [-0.3, -0.25) is 0 Å². The fraction of sp³-hybridized carbons (Fsp3) is 0.500. The van der Waals surface area contributed by atoms with Crippen LogP contribution in [-0.2, 0) is 22.4 Å². The number of benzene rings is 1. The highest BCUT2D eigenvalue weighted by Crippen LogP contribution is 2.19. The van der Waals surface area contributed by atoms with Crippen LogP contribution in [0.2, 0.25) is 0 Å². The molecule has 0 amide bonds. The summed E-state index contributed by atoms with van der Waals surface area (Å²) in [6.45, 7) is 0.785. The van der Waals surface area contributed by atoms with E-state index in [4.69, 9.17) is 9.47 Å². The molecule has 1 aromatic carbocycles. The molecule has 0 atom stereocenters. The summed E-state index contributed by atoms with van der Waals surface area (Å²) in [5, 5.41) is 0. The van der Waals surface area contributed by atoms with E-state index in [9.17, 15) is 13.2 Å². The minimum absolute atomic E-state index is 0.346. The Balaban J connectivity index is 2.16. The van der Waals surface area contributed by atoms with Crippen LogP contribution in [0.5, 0.6) is 0 Å². The monoisotopic (exact) mass is 302 g/mol. The van der Waals surface area contributed by atoms with Gasteiger partial charge in [-0.05, 0) is 12.1 Å². The number of methoxy groups -OCH3 is 1. The SMILES string of the molecule is COCCOCCc1nc2cc(F)ccc2n1CC(F)F. The molecule has 21 heavy (non-hydrogen) atoms. The highest BCUT2D eigenvalue weighted by atomic mass is 19.3. The minimum atomic E-state index is -2.50. The predicted octanol–water partition coefficient (Wildman–Crippen LogP) is 2.65. The number of imidazole rings is 1. The van der Waals surface area contributed by atoms with Crippen LogP contribution in [0.25, 0.3) is 11.0 Å². The molecule has 0 saturated heterocycles. The van der Waals surface area contributed by atoms with Crippen molar-refractivity contribution in [2.45, 2.75) is 19.4 Å². The predicted molar refractivity (Wildman–Crippen MR) is 72.1 cm³/mol. The molecular formula is C14H17F3N2O2. The quantitative estimate of drug-likeness (QED) is 0.703. The van der Waals surface area contributed by atoms with Gasteiger partial charge < -0.3 is 14.0 Å². The first kappa shape index (κ1) is 15.8. The molecule has 0 bridgehead atoms. The third-order valence-corrected chi connectivity index (χ3v) is 3.01. The maximum atomic E-state index is 13.2. The molecule has 0 unspecified atom stereocenters. The second kappa shape index (κ2) is 7.42. The van der Waals surface area contributed by atoms with Crippen molar-refractivity contribution in [3.8, 4) is 0 Å². The van der Waals surface area contributed by atoms with Crippen molar-refractivity contribution in [1.82, 2.24) is 9.55 Å². The van der Waals surface area contributed by atoms with Gasteiger partial charge in [0.05, 0.1) is 37.4 Å². The maximum Gasteiger partial charge on any atom is 0.256 e. The van der Waals surface area contributed by atoms with Gasteiger partial charge in [-0.1, -0.05) is 0 Å². The van der Waals surface area contributed by atoms with E-state index in [1.54, 1.807) is 7.11 Å². The zero-order valence-corrected chi connectivity index (χ0v) is 11.7. The minimum Gasteiger partial charge on any atom is -0.382 e. The van der Waals surface area contributed by atoms with Gasteiger partial charge in [-0.15, -0.1) is 0 Å². The van der Waals surface area contributed by atoms with E-state index in [0.717, 1.165) is 0 Å². The molecule has 0 radical (unpaired) electrons. The van der Waals surface area contributed by atoms with Crippen molar-refractivity contribution in [3.05, 3.63) is 29.8 Å². The average Bonchev–Trinajstić information content (AvgIpc) is 2.75. The number of ether oxygens (including phenoxy) is 2. The number of rotatable bonds is 8. The van der Waals surface area contributed by atoms with E-state index in [1.165, 1.54) is 22.8 Å². The number of hydrogen-bond acceptors (Lipinski definition) is 3. The van der Waals surface area contributed by atoms with E-state index >= 15 is 0 Å². The Morgan fingerprint density at radius 1 is 1.24 bits per heavy atom. The lowest BCUT2D eigenvalue weighted by Crippen LogP contribution is -2.13. The zero-order valence-electron chi connectivity index (χ0n) is 11.7. The molecular weight excluding hydrogens is 285 g/mol.